The van der Waals surface area contributed by atoms with Gasteiger partial charge in [0.1, 0.15) is 5.82 Å². The second-order valence-electron chi connectivity index (χ2n) is 4.67. The molecule has 2 aromatic heterocycles. The van der Waals surface area contributed by atoms with E-state index < -0.39 is 5.97 Å². The number of hydrogen-bond acceptors (Lipinski definition) is 3. The van der Waals surface area contributed by atoms with Gasteiger partial charge in [0, 0.05) is 24.8 Å². The van der Waals surface area contributed by atoms with E-state index in [0.29, 0.717) is 11.4 Å². The smallest absolute Gasteiger partial charge is 0.356 e. The van der Waals surface area contributed by atoms with E-state index in [2.05, 4.69) is 10.3 Å². The Morgan fingerprint density at radius 3 is 2.89 bits per heavy atom. The average molecular weight is 245 g/mol. The summed E-state index contributed by atoms with van der Waals surface area (Å²) in [6.45, 7) is 0. The van der Waals surface area contributed by atoms with E-state index in [1.54, 1.807) is 0 Å². The first-order valence-electron chi connectivity index (χ1n) is 6.13. The molecule has 2 heterocycles. The molecule has 0 saturated heterocycles. The standard InChI is InChI=1S/C13H15N3O2/c1-14-9-5-6-16-10(7-9)11(13(17)18)15-12(16)8-3-2-4-8/h5-8,14H,2-4H2,1H3,(H,17,18). The number of pyridine rings is 1. The summed E-state index contributed by atoms with van der Waals surface area (Å²) in [5, 5.41) is 12.3. The zero-order valence-electron chi connectivity index (χ0n) is 10.2. The molecule has 0 aliphatic heterocycles. The molecule has 2 aromatic rings. The van der Waals surface area contributed by atoms with E-state index in [-0.39, 0.29) is 5.69 Å². The Hall–Kier alpha value is -2.04. The number of carboxylic acids is 1. The molecule has 1 aliphatic carbocycles. The lowest BCUT2D eigenvalue weighted by molar-refractivity contribution is 0.0693. The largest absolute Gasteiger partial charge is 0.476 e. The maximum absolute atomic E-state index is 11.3. The third kappa shape index (κ3) is 1.54. The Morgan fingerprint density at radius 1 is 1.56 bits per heavy atom. The van der Waals surface area contributed by atoms with E-state index in [4.69, 9.17) is 0 Å². The van der Waals surface area contributed by atoms with Crippen molar-refractivity contribution in [1.82, 2.24) is 9.38 Å². The summed E-state index contributed by atoms with van der Waals surface area (Å²) in [6, 6.07) is 3.76. The van der Waals surface area contributed by atoms with Crippen molar-refractivity contribution in [2.75, 3.05) is 12.4 Å². The summed E-state index contributed by atoms with van der Waals surface area (Å²) in [5.41, 5.74) is 1.70. The van der Waals surface area contributed by atoms with Gasteiger partial charge in [-0.1, -0.05) is 6.42 Å². The van der Waals surface area contributed by atoms with Gasteiger partial charge >= 0.3 is 5.97 Å². The minimum Gasteiger partial charge on any atom is -0.476 e. The molecule has 1 aliphatic rings. The van der Waals surface area contributed by atoms with Crippen molar-refractivity contribution in [3.8, 4) is 0 Å². The van der Waals surface area contributed by atoms with Crippen LogP contribution >= 0.6 is 0 Å². The van der Waals surface area contributed by atoms with Gasteiger partial charge in [0.2, 0.25) is 0 Å². The zero-order valence-corrected chi connectivity index (χ0v) is 10.2. The molecule has 5 nitrogen and oxygen atoms in total. The van der Waals surface area contributed by atoms with Crippen LogP contribution in [-0.4, -0.2) is 27.5 Å². The molecular weight excluding hydrogens is 230 g/mol. The summed E-state index contributed by atoms with van der Waals surface area (Å²) in [7, 11) is 1.81. The highest BCUT2D eigenvalue weighted by atomic mass is 16.4. The van der Waals surface area contributed by atoms with Gasteiger partial charge in [0.25, 0.3) is 0 Å². The van der Waals surface area contributed by atoms with Gasteiger partial charge in [-0.2, -0.15) is 0 Å². The Balaban J connectivity index is 2.22. The fourth-order valence-electron chi connectivity index (χ4n) is 2.38. The van der Waals surface area contributed by atoms with Crippen molar-refractivity contribution in [3.05, 3.63) is 29.8 Å². The van der Waals surface area contributed by atoms with Crippen LogP contribution in [0.2, 0.25) is 0 Å². The third-order valence-corrected chi connectivity index (χ3v) is 3.63. The van der Waals surface area contributed by atoms with Crippen LogP contribution in [0.5, 0.6) is 0 Å². The molecular formula is C13H15N3O2. The van der Waals surface area contributed by atoms with Crippen molar-refractivity contribution in [3.63, 3.8) is 0 Å². The molecule has 2 N–H and O–H groups in total. The first kappa shape index (κ1) is 11.1. The highest BCUT2D eigenvalue weighted by Gasteiger charge is 2.27. The number of aromatic nitrogens is 2. The molecule has 0 spiro atoms. The molecule has 0 bridgehead atoms. The second kappa shape index (κ2) is 4.01. The van der Waals surface area contributed by atoms with E-state index in [9.17, 15) is 9.90 Å². The fourth-order valence-corrected chi connectivity index (χ4v) is 2.38. The summed E-state index contributed by atoms with van der Waals surface area (Å²) < 4.78 is 1.91. The van der Waals surface area contributed by atoms with Crippen LogP contribution in [-0.2, 0) is 0 Å². The van der Waals surface area contributed by atoms with Crippen molar-refractivity contribution in [2.45, 2.75) is 25.2 Å². The van der Waals surface area contributed by atoms with Gasteiger partial charge < -0.3 is 14.8 Å². The van der Waals surface area contributed by atoms with Crippen LogP contribution in [0.25, 0.3) is 5.52 Å². The van der Waals surface area contributed by atoms with Crippen LogP contribution in [0.1, 0.15) is 41.5 Å². The van der Waals surface area contributed by atoms with Crippen molar-refractivity contribution in [2.24, 2.45) is 0 Å². The highest BCUT2D eigenvalue weighted by Crippen LogP contribution is 2.36. The van der Waals surface area contributed by atoms with Crippen LogP contribution in [0.15, 0.2) is 18.3 Å². The second-order valence-corrected chi connectivity index (χ2v) is 4.67. The molecule has 0 unspecified atom stereocenters. The molecule has 18 heavy (non-hydrogen) atoms. The first-order valence-corrected chi connectivity index (χ1v) is 6.13. The number of anilines is 1. The Morgan fingerprint density at radius 2 is 2.33 bits per heavy atom. The number of nitrogens with one attached hydrogen (secondary N) is 1. The lowest BCUT2D eigenvalue weighted by atomic mass is 9.85. The normalized spacial score (nSPS) is 15.6. The average Bonchev–Trinajstić information content (AvgIpc) is 2.66. The number of imidazole rings is 1. The van der Waals surface area contributed by atoms with E-state index >= 15 is 0 Å². The molecule has 1 fully saturated rings. The zero-order chi connectivity index (χ0) is 12.7. The lowest BCUT2D eigenvalue weighted by Gasteiger charge is -2.23. The molecule has 0 atom stereocenters. The summed E-state index contributed by atoms with van der Waals surface area (Å²) in [4.78, 5) is 15.6. The number of fused-ring (bicyclic) bond motifs is 1. The molecule has 1 saturated carbocycles. The minimum atomic E-state index is -0.966. The molecule has 0 aromatic carbocycles. The van der Waals surface area contributed by atoms with E-state index in [1.807, 2.05) is 29.8 Å². The van der Waals surface area contributed by atoms with Crippen LogP contribution in [0, 0.1) is 0 Å². The number of rotatable bonds is 3. The van der Waals surface area contributed by atoms with Crippen LogP contribution < -0.4 is 5.32 Å². The monoisotopic (exact) mass is 245 g/mol. The molecule has 5 heteroatoms. The Bertz CT molecular complexity index is 614. The minimum absolute atomic E-state index is 0.147. The van der Waals surface area contributed by atoms with Crippen molar-refractivity contribution < 1.29 is 9.90 Å². The Labute approximate surface area is 104 Å². The third-order valence-electron chi connectivity index (χ3n) is 3.63. The number of hydrogen-bond donors (Lipinski definition) is 2. The molecule has 3 rings (SSSR count). The maximum atomic E-state index is 11.3. The SMILES string of the molecule is CNc1ccn2c(C3CCC3)nc(C(=O)O)c2c1. The Kier molecular flexibility index (Phi) is 2.47. The summed E-state index contributed by atoms with van der Waals surface area (Å²) in [5.74, 6) is 0.327. The number of aromatic carboxylic acids is 1. The topological polar surface area (TPSA) is 66.6 Å². The van der Waals surface area contributed by atoms with Gasteiger partial charge in [0.15, 0.2) is 5.69 Å². The molecule has 94 valence electrons. The van der Waals surface area contributed by atoms with Crippen LogP contribution in [0.3, 0.4) is 0 Å². The molecule has 0 radical (unpaired) electrons. The number of nitrogens with zero attached hydrogens (tertiary/aromatic N) is 2. The number of carbonyl (C=O) groups is 1. The van der Waals surface area contributed by atoms with Crippen molar-refractivity contribution in [1.29, 1.82) is 0 Å². The fraction of sp³-hybridized carbons (Fsp3) is 0.385. The van der Waals surface area contributed by atoms with Gasteiger partial charge in [-0.15, -0.1) is 0 Å². The summed E-state index contributed by atoms with van der Waals surface area (Å²) in [6.07, 6.45) is 5.31. The lowest BCUT2D eigenvalue weighted by Crippen LogP contribution is -2.12. The number of carboxylic acid groups (broad SMARTS) is 1. The highest BCUT2D eigenvalue weighted by molar-refractivity contribution is 5.94. The van der Waals surface area contributed by atoms with Gasteiger partial charge in [-0.05, 0) is 25.0 Å². The predicted octanol–water partition coefficient (Wildman–Crippen LogP) is 2.34. The van der Waals surface area contributed by atoms with E-state index in [0.717, 1.165) is 24.4 Å². The van der Waals surface area contributed by atoms with Gasteiger partial charge in [-0.3, -0.25) is 0 Å². The first-order chi connectivity index (χ1) is 8.70. The van der Waals surface area contributed by atoms with E-state index in [1.165, 1.54) is 6.42 Å². The predicted molar refractivity (Wildman–Crippen MR) is 68.3 cm³/mol. The quantitative estimate of drug-likeness (QED) is 0.871. The molecule has 0 amide bonds. The van der Waals surface area contributed by atoms with Gasteiger partial charge in [0.05, 0.1) is 5.52 Å². The summed E-state index contributed by atoms with van der Waals surface area (Å²) >= 11 is 0. The van der Waals surface area contributed by atoms with Crippen molar-refractivity contribution >= 4 is 17.2 Å². The van der Waals surface area contributed by atoms with Crippen LogP contribution in [0.4, 0.5) is 5.69 Å². The maximum Gasteiger partial charge on any atom is 0.356 e. The van der Waals surface area contributed by atoms with Gasteiger partial charge in [-0.25, -0.2) is 9.78 Å².